The molecule has 5 heteroatoms. The zero-order chi connectivity index (χ0) is 14.4. The third-order valence-corrected chi connectivity index (χ3v) is 3.28. The van der Waals surface area contributed by atoms with Crippen LogP contribution < -0.4 is 14.8 Å². The van der Waals surface area contributed by atoms with Gasteiger partial charge in [0.25, 0.3) is 0 Å². The molecule has 106 valence electrons. The van der Waals surface area contributed by atoms with E-state index in [-0.39, 0.29) is 0 Å². The Balaban J connectivity index is 1.82. The Morgan fingerprint density at radius 2 is 1.80 bits per heavy atom. The van der Waals surface area contributed by atoms with Crippen molar-refractivity contribution in [3.05, 3.63) is 52.5 Å². The summed E-state index contributed by atoms with van der Waals surface area (Å²) in [4.78, 5) is 0. The van der Waals surface area contributed by atoms with Gasteiger partial charge in [-0.3, -0.25) is 0 Å². The van der Waals surface area contributed by atoms with Crippen molar-refractivity contribution in [1.82, 2.24) is 0 Å². The zero-order valence-electron chi connectivity index (χ0n) is 11.0. The smallest absolute Gasteiger partial charge is 0.137 e. The maximum atomic E-state index is 6.05. The standard InChI is InChI=1S/C15H15Cl2NO2/c1-19-14-7-6-11(10-13(14)17)18-8-9-20-15-5-3-2-4-12(15)16/h2-7,10,18H,8-9H2,1H3. The second-order valence-electron chi connectivity index (χ2n) is 4.05. The van der Waals surface area contributed by atoms with Gasteiger partial charge in [0.2, 0.25) is 0 Å². The molecule has 0 radical (unpaired) electrons. The second kappa shape index (κ2) is 7.27. The molecule has 2 rings (SSSR count). The average molecular weight is 312 g/mol. The highest BCUT2D eigenvalue weighted by Crippen LogP contribution is 2.27. The highest BCUT2D eigenvalue weighted by Gasteiger charge is 2.02. The zero-order valence-corrected chi connectivity index (χ0v) is 12.5. The molecular weight excluding hydrogens is 297 g/mol. The van der Waals surface area contributed by atoms with Crippen LogP contribution in [0.1, 0.15) is 0 Å². The van der Waals surface area contributed by atoms with E-state index in [9.17, 15) is 0 Å². The van der Waals surface area contributed by atoms with Gasteiger partial charge in [0.15, 0.2) is 0 Å². The summed E-state index contributed by atoms with van der Waals surface area (Å²) < 4.78 is 10.7. The first-order valence-electron chi connectivity index (χ1n) is 6.15. The molecule has 0 bridgehead atoms. The van der Waals surface area contributed by atoms with Crippen LogP contribution in [0.15, 0.2) is 42.5 Å². The van der Waals surface area contributed by atoms with Crippen LogP contribution in [0, 0.1) is 0 Å². The highest BCUT2D eigenvalue weighted by atomic mass is 35.5. The van der Waals surface area contributed by atoms with Crippen molar-refractivity contribution in [3.8, 4) is 11.5 Å². The van der Waals surface area contributed by atoms with Gasteiger partial charge in [0.1, 0.15) is 18.1 Å². The fourth-order valence-corrected chi connectivity index (χ4v) is 2.14. The number of methoxy groups -OCH3 is 1. The van der Waals surface area contributed by atoms with Gasteiger partial charge in [-0.1, -0.05) is 35.3 Å². The maximum absolute atomic E-state index is 6.05. The first-order chi connectivity index (χ1) is 9.70. The number of hydrogen-bond donors (Lipinski definition) is 1. The Bertz CT molecular complexity index is 576. The van der Waals surface area contributed by atoms with Crippen molar-refractivity contribution in [3.63, 3.8) is 0 Å². The minimum atomic E-state index is 0.507. The highest BCUT2D eigenvalue weighted by molar-refractivity contribution is 6.32. The molecule has 0 heterocycles. The van der Waals surface area contributed by atoms with Crippen molar-refractivity contribution in [2.45, 2.75) is 0 Å². The van der Waals surface area contributed by atoms with Crippen molar-refractivity contribution in [2.24, 2.45) is 0 Å². The maximum Gasteiger partial charge on any atom is 0.137 e. The lowest BCUT2D eigenvalue weighted by Crippen LogP contribution is -2.11. The average Bonchev–Trinajstić information content (AvgIpc) is 2.45. The number of halogens is 2. The first-order valence-corrected chi connectivity index (χ1v) is 6.91. The third kappa shape index (κ3) is 3.95. The molecule has 0 aliphatic carbocycles. The molecule has 0 aromatic heterocycles. The summed E-state index contributed by atoms with van der Waals surface area (Å²) in [6.45, 7) is 1.15. The summed E-state index contributed by atoms with van der Waals surface area (Å²) >= 11 is 12.0. The summed E-state index contributed by atoms with van der Waals surface area (Å²) in [6.07, 6.45) is 0. The minimum Gasteiger partial charge on any atom is -0.495 e. The Morgan fingerprint density at radius 1 is 1.00 bits per heavy atom. The molecule has 2 aromatic carbocycles. The van der Waals surface area contributed by atoms with E-state index in [4.69, 9.17) is 32.7 Å². The molecule has 0 fully saturated rings. The number of rotatable bonds is 6. The van der Waals surface area contributed by atoms with Crippen LogP contribution in [0.25, 0.3) is 0 Å². The second-order valence-corrected chi connectivity index (χ2v) is 4.87. The summed E-state index contributed by atoms with van der Waals surface area (Å²) in [7, 11) is 1.59. The van der Waals surface area contributed by atoms with Crippen molar-refractivity contribution in [2.75, 3.05) is 25.6 Å². The monoisotopic (exact) mass is 311 g/mol. The lowest BCUT2D eigenvalue weighted by molar-refractivity contribution is 0.333. The van der Waals surface area contributed by atoms with Crippen molar-refractivity contribution >= 4 is 28.9 Å². The molecule has 0 saturated heterocycles. The third-order valence-electron chi connectivity index (χ3n) is 2.68. The largest absolute Gasteiger partial charge is 0.495 e. The molecule has 0 saturated carbocycles. The van der Waals surface area contributed by atoms with Crippen LogP contribution in [0.2, 0.25) is 10.0 Å². The molecule has 20 heavy (non-hydrogen) atoms. The Morgan fingerprint density at radius 3 is 2.50 bits per heavy atom. The lowest BCUT2D eigenvalue weighted by Gasteiger charge is -2.10. The number of anilines is 1. The Hall–Kier alpha value is -1.58. The van der Waals surface area contributed by atoms with Crippen LogP contribution >= 0.6 is 23.2 Å². The van der Waals surface area contributed by atoms with Crippen LogP contribution in [0.4, 0.5) is 5.69 Å². The summed E-state index contributed by atoms with van der Waals surface area (Å²) in [5.41, 5.74) is 0.915. The molecule has 1 N–H and O–H groups in total. The fraction of sp³-hybridized carbons (Fsp3) is 0.200. The predicted molar refractivity (Wildman–Crippen MR) is 83.4 cm³/mol. The van der Waals surface area contributed by atoms with E-state index < -0.39 is 0 Å². The van der Waals surface area contributed by atoms with Gasteiger partial charge >= 0.3 is 0 Å². The molecule has 0 amide bonds. The van der Waals surface area contributed by atoms with Gasteiger partial charge in [-0.05, 0) is 30.3 Å². The van der Waals surface area contributed by atoms with Gasteiger partial charge < -0.3 is 14.8 Å². The number of ether oxygens (including phenoxy) is 2. The quantitative estimate of drug-likeness (QED) is 0.797. The number of hydrogen-bond acceptors (Lipinski definition) is 3. The molecule has 0 atom stereocenters. The Kier molecular flexibility index (Phi) is 5.39. The molecule has 0 spiro atoms. The molecule has 0 aliphatic heterocycles. The van der Waals surface area contributed by atoms with Crippen molar-refractivity contribution < 1.29 is 9.47 Å². The Labute approximate surface area is 128 Å². The minimum absolute atomic E-state index is 0.507. The van der Waals surface area contributed by atoms with E-state index >= 15 is 0 Å². The fourth-order valence-electron chi connectivity index (χ4n) is 1.69. The van der Waals surface area contributed by atoms with Gasteiger partial charge in [0, 0.05) is 12.2 Å². The van der Waals surface area contributed by atoms with E-state index in [2.05, 4.69) is 5.32 Å². The molecule has 3 nitrogen and oxygen atoms in total. The summed E-state index contributed by atoms with van der Waals surface area (Å²) in [6, 6.07) is 12.9. The van der Waals surface area contributed by atoms with Gasteiger partial charge in [0.05, 0.1) is 17.2 Å². The van der Waals surface area contributed by atoms with Gasteiger partial charge in [-0.25, -0.2) is 0 Å². The van der Waals surface area contributed by atoms with E-state index in [0.29, 0.717) is 34.7 Å². The lowest BCUT2D eigenvalue weighted by atomic mass is 10.3. The SMILES string of the molecule is COc1ccc(NCCOc2ccccc2Cl)cc1Cl. The van der Waals surface area contributed by atoms with E-state index in [0.717, 1.165) is 5.69 Å². The molecule has 0 aliphatic rings. The topological polar surface area (TPSA) is 30.5 Å². The molecule has 0 unspecified atom stereocenters. The summed E-state index contributed by atoms with van der Waals surface area (Å²) in [5.74, 6) is 1.34. The summed E-state index contributed by atoms with van der Waals surface area (Å²) in [5, 5.41) is 4.40. The number of nitrogens with one attached hydrogen (secondary N) is 1. The van der Waals surface area contributed by atoms with Gasteiger partial charge in [-0.15, -0.1) is 0 Å². The van der Waals surface area contributed by atoms with Crippen molar-refractivity contribution in [1.29, 1.82) is 0 Å². The normalized spacial score (nSPS) is 10.2. The van der Waals surface area contributed by atoms with Crippen LogP contribution in [0.5, 0.6) is 11.5 Å². The van der Waals surface area contributed by atoms with E-state index in [1.807, 2.05) is 36.4 Å². The number of para-hydroxylation sites is 1. The number of benzene rings is 2. The molecule has 2 aromatic rings. The van der Waals surface area contributed by atoms with Gasteiger partial charge in [-0.2, -0.15) is 0 Å². The predicted octanol–water partition coefficient (Wildman–Crippen LogP) is 4.49. The van der Waals surface area contributed by atoms with Crippen LogP contribution in [0.3, 0.4) is 0 Å². The molecular formula is C15H15Cl2NO2. The van der Waals surface area contributed by atoms with Crippen LogP contribution in [-0.2, 0) is 0 Å². The first kappa shape index (κ1) is 14.8. The van der Waals surface area contributed by atoms with E-state index in [1.54, 1.807) is 13.2 Å². The van der Waals surface area contributed by atoms with Crippen LogP contribution in [-0.4, -0.2) is 20.3 Å². The van der Waals surface area contributed by atoms with E-state index in [1.165, 1.54) is 0 Å².